The number of nitrogens with one attached hydrogen (secondary N) is 2. The van der Waals surface area contributed by atoms with Crippen molar-refractivity contribution >= 4 is 11.7 Å². The van der Waals surface area contributed by atoms with Crippen LogP contribution >= 0.6 is 0 Å². The quantitative estimate of drug-likeness (QED) is 0.778. The molecule has 0 saturated heterocycles. The summed E-state index contributed by atoms with van der Waals surface area (Å²) in [5, 5.41) is 10.1. The second-order valence-electron chi connectivity index (χ2n) is 5.48. The van der Waals surface area contributed by atoms with E-state index >= 15 is 0 Å². The predicted octanol–water partition coefficient (Wildman–Crippen LogP) is 3.34. The number of aromatic nitrogens is 2. The molecule has 4 rings (SSSR count). The van der Waals surface area contributed by atoms with Gasteiger partial charge in [0, 0.05) is 17.9 Å². The normalized spacial score (nSPS) is 17.1. The van der Waals surface area contributed by atoms with Crippen LogP contribution in [-0.2, 0) is 11.2 Å². The van der Waals surface area contributed by atoms with Crippen LogP contribution in [0.1, 0.15) is 23.5 Å². The number of anilines is 1. The van der Waals surface area contributed by atoms with Gasteiger partial charge in [0.1, 0.15) is 5.69 Å². The molecule has 2 N–H and O–H groups in total. The van der Waals surface area contributed by atoms with Crippen molar-refractivity contribution in [3.63, 3.8) is 0 Å². The van der Waals surface area contributed by atoms with Gasteiger partial charge in [-0.2, -0.15) is 5.10 Å². The number of fused-ring (bicyclic) bond motifs is 1. The maximum Gasteiger partial charge on any atom is 0.226 e. The van der Waals surface area contributed by atoms with E-state index in [1.807, 2.05) is 30.3 Å². The Morgan fingerprint density at radius 3 is 2.82 bits per heavy atom. The molecule has 3 aromatic rings. The van der Waals surface area contributed by atoms with Gasteiger partial charge >= 0.3 is 0 Å². The average molecular weight is 293 g/mol. The smallest absolute Gasteiger partial charge is 0.226 e. The Morgan fingerprint density at radius 2 is 2.05 bits per heavy atom. The maximum atomic E-state index is 11.9. The number of hydrogen-bond acceptors (Lipinski definition) is 3. The Labute approximate surface area is 127 Å². The van der Waals surface area contributed by atoms with E-state index in [2.05, 4.69) is 27.6 Å². The molecule has 5 heteroatoms. The summed E-state index contributed by atoms with van der Waals surface area (Å²) < 4.78 is 5.49. The van der Waals surface area contributed by atoms with Crippen LogP contribution in [0.25, 0.3) is 11.5 Å². The van der Waals surface area contributed by atoms with Crippen LogP contribution in [0.5, 0.6) is 0 Å². The summed E-state index contributed by atoms with van der Waals surface area (Å²) in [5.74, 6) is 1.45. The summed E-state index contributed by atoms with van der Waals surface area (Å²) in [5.41, 5.74) is 3.08. The van der Waals surface area contributed by atoms with Crippen LogP contribution < -0.4 is 5.32 Å². The molecule has 1 aliphatic rings. The lowest BCUT2D eigenvalue weighted by Crippen LogP contribution is -2.23. The third kappa shape index (κ3) is 2.20. The number of H-pyrrole nitrogens is 1. The topological polar surface area (TPSA) is 70.9 Å². The van der Waals surface area contributed by atoms with Gasteiger partial charge < -0.3 is 9.73 Å². The zero-order valence-electron chi connectivity index (χ0n) is 11.9. The van der Waals surface area contributed by atoms with E-state index in [4.69, 9.17) is 4.42 Å². The second kappa shape index (κ2) is 5.18. The van der Waals surface area contributed by atoms with Crippen molar-refractivity contribution in [1.29, 1.82) is 0 Å². The van der Waals surface area contributed by atoms with Gasteiger partial charge in [-0.15, -0.1) is 0 Å². The zero-order chi connectivity index (χ0) is 14.9. The van der Waals surface area contributed by atoms with Gasteiger partial charge in [0.25, 0.3) is 0 Å². The predicted molar refractivity (Wildman–Crippen MR) is 82.4 cm³/mol. The van der Waals surface area contributed by atoms with Gasteiger partial charge in [0.15, 0.2) is 11.6 Å². The summed E-state index contributed by atoms with van der Waals surface area (Å²) in [7, 11) is 0. The average Bonchev–Trinajstić information content (AvgIpc) is 3.16. The number of aromatic amines is 1. The van der Waals surface area contributed by atoms with Crippen LogP contribution in [0.2, 0.25) is 0 Å². The van der Waals surface area contributed by atoms with Crippen LogP contribution in [0, 0.1) is 0 Å². The fourth-order valence-corrected chi connectivity index (χ4v) is 3.03. The van der Waals surface area contributed by atoms with Crippen LogP contribution in [0.4, 0.5) is 5.82 Å². The number of carbonyl (C=O) groups excluding carboxylic acids is 1. The fourth-order valence-electron chi connectivity index (χ4n) is 3.03. The molecule has 1 aromatic carbocycles. The van der Waals surface area contributed by atoms with Crippen molar-refractivity contribution in [1.82, 2.24) is 10.2 Å². The molecule has 3 heterocycles. The van der Waals surface area contributed by atoms with Gasteiger partial charge in [-0.25, -0.2) is 0 Å². The number of carbonyl (C=O) groups is 1. The Morgan fingerprint density at radius 1 is 1.18 bits per heavy atom. The minimum Gasteiger partial charge on any atom is -0.463 e. The fraction of sp³-hybridized carbons (Fsp3) is 0.176. The third-order valence-corrected chi connectivity index (χ3v) is 3.99. The van der Waals surface area contributed by atoms with Gasteiger partial charge in [0.2, 0.25) is 5.91 Å². The van der Waals surface area contributed by atoms with Crippen molar-refractivity contribution in [2.75, 3.05) is 5.32 Å². The number of rotatable bonds is 3. The van der Waals surface area contributed by atoms with Crippen molar-refractivity contribution in [3.8, 4) is 11.5 Å². The van der Waals surface area contributed by atoms with Crippen LogP contribution in [-0.4, -0.2) is 16.1 Å². The standard InChI is InChI=1S/C17H15N3O2/c21-14-10-12(9-11-5-2-1-3-6-11)15-16(13-7-4-8-22-13)19-20-17(15)18-14/h1-8,12H,9-10H2,(H2,18,19,20,21)/t12-/m0/s1. The molecule has 0 saturated carbocycles. The molecule has 22 heavy (non-hydrogen) atoms. The van der Waals surface area contributed by atoms with Gasteiger partial charge in [-0.1, -0.05) is 30.3 Å². The van der Waals surface area contributed by atoms with Crippen molar-refractivity contribution in [2.45, 2.75) is 18.8 Å². The summed E-state index contributed by atoms with van der Waals surface area (Å²) >= 11 is 0. The summed E-state index contributed by atoms with van der Waals surface area (Å²) in [6, 6.07) is 13.9. The largest absolute Gasteiger partial charge is 0.463 e. The number of hydrogen-bond donors (Lipinski definition) is 2. The number of nitrogens with zero attached hydrogens (tertiary/aromatic N) is 1. The number of benzene rings is 1. The van der Waals surface area contributed by atoms with E-state index in [1.165, 1.54) is 5.56 Å². The lowest BCUT2D eigenvalue weighted by Gasteiger charge is -2.22. The molecule has 0 aliphatic carbocycles. The molecule has 1 amide bonds. The van der Waals surface area contributed by atoms with E-state index < -0.39 is 0 Å². The molecular weight excluding hydrogens is 278 g/mol. The van der Waals surface area contributed by atoms with Crippen molar-refractivity contribution in [3.05, 3.63) is 59.9 Å². The molecule has 2 aromatic heterocycles. The van der Waals surface area contributed by atoms with Gasteiger partial charge in [-0.3, -0.25) is 9.89 Å². The molecular formula is C17H15N3O2. The minimum absolute atomic E-state index is 0.00549. The third-order valence-electron chi connectivity index (χ3n) is 3.99. The molecule has 0 spiro atoms. The van der Waals surface area contributed by atoms with E-state index in [-0.39, 0.29) is 11.8 Å². The molecule has 1 atom stereocenters. The molecule has 5 nitrogen and oxygen atoms in total. The van der Waals surface area contributed by atoms with Crippen molar-refractivity contribution < 1.29 is 9.21 Å². The Balaban J connectivity index is 1.75. The zero-order valence-corrected chi connectivity index (χ0v) is 11.9. The Bertz CT molecular complexity index is 791. The van der Waals surface area contributed by atoms with E-state index in [0.717, 1.165) is 23.4 Å². The molecule has 0 bridgehead atoms. The molecule has 0 radical (unpaired) electrons. The van der Waals surface area contributed by atoms with E-state index in [9.17, 15) is 4.79 Å². The van der Waals surface area contributed by atoms with E-state index in [0.29, 0.717) is 12.2 Å². The monoisotopic (exact) mass is 293 g/mol. The van der Waals surface area contributed by atoms with Gasteiger partial charge in [-0.05, 0) is 24.1 Å². The molecule has 1 aliphatic heterocycles. The summed E-state index contributed by atoms with van der Waals surface area (Å²) in [6.45, 7) is 0. The Hall–Kier alpha value is -2.82. The number of furan rings is 1. The molecule has 0 fully saturated rings. The maximum absolute atomic E-state index is 11.9. The summed E-state index contributed by atoms with van der Waals surface area (Å²) in [6.07, 6.45) is 2.89. The van der Waals surface area contributed by atoms with Gasteiger partial charge in [0.05, 0.1) is 6.26 Å². The van der Waals surface area contributed by atoms with Crippen LogP contribution in [0.3, 0.4) is 0 Å². The first kappa shape index (κ1) is 12.9. The summed E-state index contributed by atoms with van der Waals surface area (Å²) in [4.78, 5) is 11.9. The van der Waals surface area contributed by atoms with Crippen molar-refractivity contribution in [2.24, 2.45) is 0 Å². The van der Waals surface area contributed by atoms with Crippen LogP contribution in [0.15, 0.2) is 53.1 Å². The highest BCUT2D eigenvalue weighted by Crippen LogP contribution is 2.39. The first-order valence-electron chi connectivity index (χ1n) is 7.27. The highest BCUT2D eigenvalue weighted by Gasteiger charge is 2.31. The first-order chi connectivity index (χ1) is 10.8. The highest BCUT2D eigenvalue weighted by molar-refractivity contribution is 5.95. The minimum atomic E-state index is 0.00549. The first-order valence-corrected chi connectivity index (χ1v) is 7.27. The van der Waals surface area contributed by atoms with E-state index in [1.54, 1.807) is 6.26 Å². The molecule has 110 valence electrons. The second-order valence-corrected chi connectivity index (χ2v) is 5.48. The Kier molecular flexibility index (Phi) is 3.04. The number of amides is 1. The lowest BCUT2D eigenvalue weighted by atomic mass is 9.86. The highest BCUT2D eigenvalue weighted by atomic mass is 16.3. The molecule has 0 unspecified atom stereocenters. The SMILES string of the molecule is O=C1C[C@H](Cc2ccccc2)c2c(n[nH]c2-c2ccco2)N1. The lowest BCUT2D eigenvalue weighted by molar-refractivity contribution is -0.116.